The third-order valence-corrected chi connectivity index (χ3v) is 10.6. The molecule has 2 heterocycles. The van der Waals surface area contributed by atoms with E-state index >= 15 is 0 Å². The predicted octanol–water partition coefficient (Wildman–Crippen LogP) is 9.07. The van der Waals surface area contributed by atoms with Gasteiger partial charge in [-0.2, -0.15) is 0 Å². The smallest absolute Gasteiger partial charge is 0.128 e. The molecule has 0 unspecified atom stereocenters. The number of thioether (sulfide) groups is 1. The maximum absolute atomic E-state index is 6.86. The number of hydrogen-bond acceptors (Lipinski definition) is 4. The SMILES string of the molecule is CC[C@H]1S[C@@H](c2cccc(Cn3ccc4c(OC)cccc43)c2)[C@H](OCc2ccccc2)[C@@H](OCc2ccccc2)[C@@H]1C. The van der Waals surface area contributed by atoms with E-state index in [2.05, 4.69) is 140 Å². The van der Waals surface area contributed by atoms with Crippen molar-refractivity contribution in [3.05, 3.63) is 138 Å². The van der Waals surface area contributed by atoms with Crippen molar-refractivity contribution in [3.63, 3.8) is 0 Å². The van der Waals surface area contributed by atoms with E-state index in [9.17, 15) is 0 Å². The number of nitrogens with zero attached hydrogens (tertiary/aromatic N) is 1. The second-order valence-corrected chi connectivity index (χ2v) is 12.9. The summed E-state index contributed by atoms with van der Waals surface area (Å²) in [6, 6.07) is 38.4. The fourth-order valence-corrected chi connectivity index (χ4v) is 8.01. The van der Waals surface area contributed by atoms with Crippen LogP contribution in [0.4, 0.5) is 0 Å². The Morgan fingerprint density at radius 2 is 1.37 bits per heavy atom. The summed E-state index contributed by atoms with van der Waals surface area (Å²) in [5.41, 5.74) is 6.12. The van der Waals surface area contributed by atoms with Crippen molar-refractivity contribution in [1.29, 1.82) is 0 Å². The van der Waals surface area contributed by atoms with E-state index in [-0.39, 0.29) is 17.5 Å². The zero-order chi connectivity index (χ0) is 29.6. The minimum atomic E-state index is -0.0846. The molecule has 43 heavy (non-hydrogen) atoms. The van der Waals surface area contributed by atoms with Crippen LogP contribution >= 0.6 is 11.8 Å². The summed E-state index contributed by atoms with van der Waals surface area (Å²) in [4.78, 5) is 0. The molecule has 1 fully saturated rings. The second kappa shape index (κ2) is 13.9. The van der Waals surface area contributed by atoms with Crippen LogP contribution in [0.3, 0.4) is 0 Å². The number of fused-ring (bicyclic) bond motifs is 1. The molecule has 0 bridgehead atoms. The quantitative estimate of drug-likeness (QED) is 0.153. The highest BCUT2D eigenvalue weighted by molar-refractivity contribution is 8.00. The van der Waals surface area contributed by atoms with E-state index in [4.69, 9.17) is 14.2 Å². The van der Waals surface area contributed by atoms with E-state index in [1.54, 1.807) is 7.11 Å². The van der Waals surface area contributed by atoms with E-state index in [0.717, 1.165) is 24.1 Å². The highest BCUT2D eigenvalue weighted by atomic mass is 32.2. The van der Waals surface area contributed by atoms with Gasteiger partial charge in [0.05, 0.1) is 37.2 Å². The van der Waals surface area contributed by atoms with Gasteiger partial charge in [-0.05, 0) is 52.8 Å². The monoisotopic (exact) mass is 591 g/mol. The molecule has 0 radical (unpaired) electrons. The Hall–Kier alpha value is -3.51. The lowest BCUT2D eigenvalue weighted by Gasteiger charge is -2.45. The summed E-state index contributed by atoms with van der Waals surface area (Å²) in [6.07, 6.45) is 3.14. The lowest BCUT2D eigenvalue weighted by molar-refractivity contribution is -0.112. The number of rotatable bonds is 11. The third kappa shape index (κ3) is 6.70. The first-order chi connectivity index (χ1) is 21.1. The maximum Gasteiger partial charge on any atom is 0.128 e. The average molecular weight is 592 g/mol. The van der Waals surface area contributed by atoms with Crippen molar-refractivity contribution in [3.8, 4) is 5.75 Å². The Bertz CT molecular complexity index is 1600. The predicted molar refractivity (Wildman–Crippen MR) is 178 cm³/mol. The van der Waals surface area contributed by atoms with Crippen molar-refractivity contribution < 1.29 is 14.2 Å². The van der Waals surface area contributed by atoms with Gasteiger partial charge in [-0.1, -0.05) is 105 Å². The molecule has 1 saturated heterocycles. The van der Waals surface area contributed by atoms with Crippen LogP contribution in [0, 0.1) is 5.92 Å². The lowest BCUT2D eigenvalue weighted by atomic mass is 9.89. The maximum atomic E-state index is 6.86. The lowest BCUT2D eigenvalue weighted by Crippen LogP contribution is -2.48. The highest BCUT2D eigenvalue weighted by Gasteiger charge is 2.45. The van der Waals surface area contributed by atoms with Crippen LogP contribution < -0.4 is 4.74 Å². The summed E-state index contributed by atoms with van der Waals surface area (Å²) < 4.78 is 21.6. The van der Waals surface area contributed by atoms with Crippen molar-refractivity contribution in [2.75, 3.05) is 7.11 Å². The minimum Gasteiger partial charge on any atom is -0.496 e. The topological polar surface area (TPSA) is 32.6 Å². The highest BCUT2D eigenvalue weighted by Crippen LogP contribution is 2.49. The number of ether oxygens (including phenoxy) is 3. The fraction of sp³-hybridized carbons (Fsp3) is 0.316. The summed E-state index contributed by atoms with van der Waals surface area (Å²) >= 11 is 2.06. The Morgan fingerprint density at radius 3 is 2.05 bits per heavy atom. The van der Waals surface area contributed by atoms with Gasteiger partial charge in [0, 0.05) is 23.4 Å². The fourth-order valence-electron chi connectivity index (χ4n) is 6.35. The molecule has 0 amide bonds. The van der Waals surface area contributed by atoms with Gasteiger partial charge in [-0.15, -0.1) is 11.8 Å². The van der Waals surface area contributed by atoms with Gasteiger partial charge < -0.3 is 18.8 Å². The zero-order valence-corrected chi connectivity index (χ0v) is 26.1. The van der Waals surface area contributed by atoms with Gasteiger partial charge in [0.2, 0.25) is 0 Å². The van der Waals surface area contributed by atoms with Crippen LogP contribution in [0.1, 0.15) is 47.8 Å². The molecule has 4 nitrogen and oxygen atoms in total. The molecule has 222 valence electrons. The zero-order valence-electron chi connectivity index (χ0n) is 25.3. The molecule has 5 atom stereocenters. The first kappa shape index (κ1) is 29.6. The summed E-state index contributed by atoms with van der Waals surface area (Å²) in [6.45, 7) is 6.58. The van der Waals surface area contributed by atoms with Crippen LogP contribution in [-0.4, -0.2) is 29.1 Å². The van der Waals surface area contributed by atoms with Crippen LogP contribution in [0.2, 0.25) is 0 Å². The summed E-state index contributed by atoms with van der Waals surface area (Å²) in [7, 11) is 1.73. The normalized spacial score (nSPS) is 22.1. The van der Waals surface area contributed by atoms with Crippen molar-refractivity contribution in [1.82, 2.24) is 4.57 Å². The Morgan fingerprint density at radius 1 is 0.721 bits per heavy atom. The Balaban J connectivity index is 1.31. The molecule has 0 spiro atoms. The number of methoxy groups -OCH3 is 1. The molecule has 1 aliphatic rings. The molecule has 0 aliphatic carbocycles. The van der Waals surface area contributed by atoms with Gasteiger partial charge in [0.1, 0.15) is 11.9 Å². The van der Waals surface area contributed by atoms with Gasteiger partial charge >= 0.3 is 0 Å². The first-order valence-corrected chi connectivity index (χ1v) is 16.3. The Kier molecular flexibility index (Phi) is 9.52. The van der Waals surface area contributed by atoms with E-state index < -0.39 is 0 Å². The molecule has 5 heteroatoms. The van der Waals surface area contributed by atoms with Crippen LogP contribution in [0.5, 0.6) is 5.75 Å². The second-order valence-electron chi connectivity index (χ2n) is 11.5. The molecule has 1 aromatic heterocycles. The molecule has 5 aromatic rings. The van der Waals surface area contributed by atoms with Crippen LogP contribution in [0.25, 0.3) is 10.9 Å². The summed E-state index contributed by atoms with van der Waals surface area (Å²) in [5, 5.41) is 1.77. The molecule has 0 saturated carbocycles. The summed E-state index contributed by atoms with van der Waals surface area (Å²) in [5.74, 6) is 1.27. The largest absolute Gasteiger partial charge is 0.496 e. The molecule has 6 rings (SSSR count). The first-order valence-electron chi connectivity index (χ1n) is 15.3. The van der Waals surface area contributed by atoms with Crippen LogP contribution in [0.15, 0.2) is 115 Å². The number of aromatic nitrogens is 1. The van der Waals surface area contributed by atoms with Crippen LogP contribution in [-0.2, 0) is 29.2 Å². The molecule has 4 aromatic carbocycles. The van der Waals surface area contributed by atoms with E-state index in [1.165, 1.54) is 27.8 Å². The third-order valence-electron chi connectivity index (χ3n) is 8.65. The van der Waals surface area contributed by atoms with Crippen molar-refractivity contribution in [2.24, 2.45) is 5.92 Å². The van der Waals surface area contributed by atoms with Gasteiger partial charge in [-0.3, -0.25) is 0 Å². The molecule has 0 N–H and O–H groups in total. The Labute approximate surface area is 260 Å². The standard InChI is InChI=1S/C38H41NO3S/c1-4-35-27(2)36(41-25-28-13-7-5-8-14-28)37(42-26-29-15-9-6-10-16-29)38(43-35)31-18-11-17-30(23-31)24-39-22-21-32-33(39)19-12-20-34(32)40-3/h5-23,27,35-38H,4,24-26H2,1-3H3/t27-,35-,36+,37-,38+/m1/s1. The van der Waals surface area contributed by atoms with Gasteiger partial charge in [0.15, 0.2) is 0 Å². The number of benzene rings is 4. The molecular formula is C38H41NO3S. The van der Waals surface area contributed by atoms with E-state index in [0.29, 0.717) is 24.4 Å². The number of hydrogen-bond donors (Lipinski definition) is 0. The van der Waals surface area contributed by atoms with Crippen molar-refractivity contribution >= 4 is 22.7 Å². The molecular weight excluding hydrogens is 550 g/mol. The van der Waals surface area contributed by atoms with Gasteiger partial charge in [-0.25, -0.2) is 0 Å². The van der Waals surface area contributed by atoms with Gasteiger partial charge in [0.25, 0.3) is 0 Å². The minimum absolute atomic E-state index is 0.0235. The molecule has 1 aliphatic heterocycles. The van der Waals surface area contributed by atoms with Crippen molar-refractivity contribution in [2.45, 2.75) is 62.7 Å². The average Bonchev–Trinajstić information content (AvgIpc) is 3.47. The van der Waals surface area contributed by atoms with E-state index in [1.807, 2.05) is 6.07 Å².